The van der Waals surface area contributed by atoms with E-state index >= 15 is 0 Å². The number of nitrogens with two attached hydrogens (primary N) is 1. The average Bonchev–Trinajstić information content (AvgIpc) is 1.98. The molecule has 0 rings (SSSR count). The van der Waals surface area contributed by atoms with Gasteiger partial charge >= 0.3 is 6.09 Å². The Balaban J connectivity index is 4.07. The van der Waals surface area contributed by atoms with Gasteiger partial charge in [0, 0.05) is 12.5 Å². The summed E-state index contributed by atoms with van der Waals surface area (Å²) in [7, 11) is 0. The zero-order valence-corrected chi connectivity index (χ0v) is 9.79. The first-order chi connectivity index (χ1) is 6.74. The van der Waals surface area contributed by atoms with Crippen LogP contribution < -0.4 is 11.1 Å². The van der Waals surface area contributed by atoms with Gasteiger partial charge in [-0.15, -0.1) is 0 Å². The van der Waals surface area contributed by atoms with Crippen molar-refractivity contribution in [2.24, 2.45) is 5.73 Å². The van der Waals surface area contributed by atoms with Crippen molar-refractivity contribution in [1.29, 1.82) is 0 Å². The predicted octanol–water partition coefficient (Wildman–Crippen LogP) is 1.17. The Kier molecular flexibility index (Phi) is 5.11. The highest BCUT2D eigenvalue weighted by molar-refractivity contribution is 5.75. The molecule has 0 aromatic heterocycles. The molecule has 0 aliphatic heterocycles. The standard InChI is InChI=1S/C10H20N2O3/c1-5-7(6-8(11)13)12-9(14)15-10(2,3)4/h7H,5-6H2,1-4H3,(H2,11,13)(H,12,14). The van der Waals surface area contributed by atoms with Crippen molar-refractivity contribution in [3.63, 3.8) is 0 Å². The highest BCUT2D eigenvalue weighted by Crippen LogP contribution is 2.07. The summed E-state index contributed by atoms with van der Waals surface area (Å²) in [6.07, 6.45) is 0.258. The molecule has 0 bridgehead atoms. The first kappa shape index (κ1) is 13.7. The number of carbonyl (C=O) groups excluding carboxylic acids is 2. The van der Waals surface area contributed by atoms with Gasteiger partial charge in [-0.3, -0.25) is 4.79 Å². The molecule has 0 aromatic carbocycles. The Labute approximate surface area is 90.4 Å². The number of rotatable bonds is 4. The summed E-state index contributed by atoms with van der Waals surface area (Å²) in [4.78, 5) is 22.0. The van der Waals surface area contributed by atoms with Gasteiger partial charge in [0.1, 0.15) is 5.60 Å². The van der Waals surface area contributed by atoms with Crippen LogP contribution in [0.2, 0.25) is 0 Å². The lowest BCUT2D eigenvalue weighted by molar-refractivity contribution is -0.118. The van der Waals surface area contributed by atoms with Gasteiger partial charge in [-0.1, -0.05) is 6.92 Å². The van der Waals surface area contributed by atoms with Crippen molar-refractivity contribution in [2.75, 3.05) is 0 Å². The van der Waals surface area contributed by atoms with Crippen molar-refractivity contribution >= 4 is 12.0 Å². The smallest absolute Gasteiger partial charge is 0.407 e. The number of amides is 2. The molecule has 88 valence electrons. The molecule has 3 N–H and O–H groups in total. The number of hydrogen-bond donors (Lipinski definition) is 2. The summed E-state index contributed by atoms with van der Waals surface area (Å²) in [5, 5.41) is 2.59. The molecule has 1 unspecified atom stereocenters. The van der Waals surface area contributed by atoms with E-state index in [9.17, 15) is 9.59 Å². The fraction of sp³-hybridized carbons (Fsp3) is 0.800. The number of hydrogen-bond acceptors (Lipinski definition) is 3. The molecule has 0 saturated carbocycles. The third kappa shape index (κ3) is 7.78. The molecule has 1 atom stereocenters. The lowest BCUT2D eigenvalue weighted by Gasteiger charge is -2.22. The topological polar surface area (TPSA) is 81.4 Å². The van der Waals surface area contributed by atoms with Crippen molar-refractivity contribution in [3.05, 3.63) is 0 Å². The second-order valence-corrected chi connectivity index (χ2v) is 4.42. The van der Waals surface area contributed by atoms with Crippen LogP contribution in [0.5, 0.6) is 0 Å². The van der Waals surface area contributed by atoms with Crippen LogP contribution in [0.3, 0.4) is 0 Å². The summed E-state index contributed by atoms with van der Waals surface area (Å²) < 4.78 is 5.05. The molecule has 5 nitrogen and oxygen atoms in total. The number of primary amides is 1. The van der Waals surface area contributed by atoms with Crippen LogP contribution in [0.4, 0.5) is 4.79 Å². The van der Waals surface area contributed by atoms with E-state index in [0.717, 1.165) is 0 Å². The molecule has 0 aliphatic carbocycles. The van der Waals surface area contributed by atoms with Gasteiger partial charge in [0.25, 0.3) is 0 Å². The van der Waals surface area contributed by atoms with Crippen LogP contribution in [-0.4, -0.2) is 23.6 Å². The molecular weight excluding hydrogens is 196 g/mol. The Morgan fingerprint density at radius 2 is 1.93 bits per heavy atom. The number of ether oxygens (including phenoxy) is 1. The van der Waals surface area contributed by atoms with E-state index in [1.54, 1.807) is 20.8 Å². The Bertz CT molecular complexity index is 233. The number of carbonyl (C=O) groups is 2. The van der Waals surface area contributed by atoms with E-state index in [0.29, 0.717) is 6.42 Å². The maximum Gasteiger partial charge on any atom is 0.407 e. The average molecular weight is 216 g/mol. The van der Waals surface area contributed by atoms with E-state index in [2.05, 4.69) is 5.32 Å². The Morgan fingerprint density at radius 3 is 2.27 bits per heavy atom. The highest BCUT2D eigenvalue weighted by atomic mass is 16.6. The van der Waals surface area contributed by atoms with Gasteiger partial charge in [-0.25, -0.2) is 4.79 Å². The van der Waals surface area contributed by atoms with Crippen LogP contribution in [0.25, 0.3) is 0 Å². The second-order valence-electron chi connectivity index (χ2n) is 4.42. The van der Waals surface area contributed by atoms with Crippen LogP contribution >= 0.6 is 0 Å². The second kappa shape index (κ2) is 5.58. The minimum absolute atomic E-state index is 0.135. The quantitative estimate of drug-likeness (QED) is 0.740. The van der Waals surface area contributed by atoms with Crippen LogP contribution in [-0.2, 0) is 9.53 Å². The molecule has 15 heavy (non-hydrogen) atoms. The summed E-state index contributed by atoms with van der Waals surface area (Å²) >= 11 is 0. The van der Waals surface area contributed by atoms with Gasteiger partial charge in [0.2, 0.25) is 5.91 Å². The first-order valence-electron chi connectivity index (χ1n) is 5.02. The van der Waals surface area contributed by atoms with Crippen LogP contribution in [0, 0.1) is 0 Å². The summed E-state index contributed by atoms with van der Waals surface area (Å²) in [5.74, 6) is -0.432. The first-order valence-corrected chi connectivity index (χ1v) is 5.02. The summed E-state index contributed by atoms with van der Waals surface area (Å²) in [5.41, 5.74) is 4.51. The monoisotopic (exact) mass is 216 g/mol. The largest absolute Gasteiger partial charge is 0.444 e. The predicted molar refractivity (Wildman–Crippen MR) is 57.3 cm³/mol. The molecule has 0 radical (unpaired) electrons. The van der Waals surface area contributed by atoms with Crippen molar-refractivity contribution in [1.82, 2.24) is 5.32 Å². The SMILES string of the molecule is CCC(CC(N)=O)NC(=O)OC(C)(C)C. The number of nitrogens with one attached hydrogen (secondary N) is 1. The van der Waals surface area contributed by atoms with Gasteiger partial charge in [-0.2, -0.15) is 0 Å². The van der Waals surface area contributed by atoms with E-state index in [1.165, 1.54) is 0 Å². The Morgan fingerprint density at radius 1 is 1.40 bits per heavy atom. The van der Waals surface area contributed by atoms with E-state index in [4.69, 9.17) is 10.5 Å². The fourth-order valence-corrected chi connectivity index (χ4v) is 1.01. The lowest BCUT2D eigenvalue weighted by Crippen LogP contribution is -2.40. The minimum Gasteiger partial charge on any atom is -0.444 e. The molecule has 0 heterocycles. The minimum atomic E-state index is -0.533. The van der Waals surface area contributed by atoms with E-state index in [1.807, 2.05) is 6.92 Å². The van der Waals surface area contributed by atoms with E-state index in [-0.39, 0.29) is 12.5 Å². The van der Waals surface area contributed by atoms with Crippen LogP contribution in [0.15, 0.2) is 0 Å². The molecule has 0 saturated heterocycles. The van der Waals surface area contributed by atoms with E-state index < -0.39 is 17.6 Å². The molecule has 0 spiro atoms. The molecule has 0 aliphatic rings. The van der Waals surface area contributed by atoms with Crippen molar-refractivity contribution in [2.45, 2.75) is 52.2 Å². The molecule has 2 amide bonds. The van der Waals surface area contributed by atoms with Gasteiger partial charge < -0.3 is 15.8 Å². The summed E-state index contributed by atoms with van der Waals surface area (Å²) in [6, 6.07) is -0.252. The van der Waals surface area contributed by atoms with Gasteiger partial charge in [-0.05, 0) is 27.2 Å². The van der Waals surface area contributed by atoms with Crippen molar-refractivity contribution in [3.8, 4) is 0 Å². The lowest BCUT2D eigenvalue weighted by atomic mass is 10.1. The normalized spacial score (nSPS) is 13.1. The zero-order chi connectivity index (χ0) is 12.1. The van der Waals surface area contributed by atoms with Gasteiger partial charge in [0.15, 0.2) is 0 Å². The maximum absolute atomic E-state index is 11.3. The molecule has 0 aromatic rings. The zero-order valence-electron chi connectivity index (χ0n) is 9.79. The van der Waals surface area contributed by atoms with Crippen molar-refractivity contribution < 1.29 is 14.3 Å². The Hall–Kier alpha value is -1.26. The van der Waals surface area contributed by atoms with Crippen LogP contribution in [0.1, 0.15) is 40.5 Å². The fourth-order valence-electron chi connectivity index (χ4n) is 1.01. The molecule has 0 fully saturated rings. The number of alkyl carbamates (subject to hydrolysis) is 1. The molecular formula is C10H20N2O3. The maximum atomic E-state index is 11.3. The third-order valence-corrected chi connectivity index (χ3v) is 1.66. The van der Waals surface area contributed by atoms with Gasteiger partial charge in [0.05, 0.1) is 0 Å². The highest BCUT2D eigenvalue weighted by Gasteiger charge is 2.19. The summed E-state index contributed by atoms with van der Waals surface area (Å²) in [6.45, 7) is 7.20. The third-order valence-electron chi connectivity index (χ3n) is 1.66. The molecule has 5 heteroatoms.